The van der Waals surface area contributed by atoms with Gasteiger partial charge < -0.3 is 5.32 Å². The monoisotopic (exact) mass is 435 g/mol. The zero-order valence-electron chi connectivity index (χ0n) is 17.9. The SMILES string of the molecule is CC(Sc1nc2ccccc2c(=O)n1Cc1ccccc1)C(=O)NCC1CCCCC1. The third kappa shape index (κ3) is 5.37. The van der Waals surface area contributed by atoms with E-state index in [1.807, 2.05) is 55.5 Å². The number of benzene rings is 2. The number of thioether (sulfide) groups is 1. The quantitative estimate of drug-likeness (QED) is 0.434. The normalized spacial score (nSPS) is 15.6. The van der Waals surface area contributed by atoms with Gasteiger partial charge in [-0.2, -0.15) is 0 Å². The van der Waals surface area contributed by atoms with Gasteiger partial charge in [-0.15, -0.1) is 0 Å². The van der Waals surface area contributed by atoms with Crippen molar-refractivity contribution in [3.05, 3.63) is 70.5 Å². The van der Waals surface area contributed by atoms with Crippen molar-refractivity contribution in [1.29, 1.82) is 0 Å². The fraction of sp³-hybridized carbons (Fsp3) is 0.400. The number of carbonyl (C=O) groups excluding carboxylic acids is 1. The molecule has 4 rings (SSSR count). The Morgan fingerprint density at radius 2 is 1.81 bits per heavy atom. The minimum atomic E-state index is -0.335. The van der Waals surface area contributed by atoms with Gasteiger partial charge in [0.25, 0.3) is 5.56 Å². The number of hydrogen-bond donors (Lipinski definition) is 1. The van der Waals surface area contributed by atoms with E-state index in [0.717, 1.165) is 12.1 Å². The van der Waals surface area contributed by atoms with Gasteiger partial charge >= 0.3 is 0 Å². The number of carbonyl (C=O) groups is 1. The molecule has 0 saturated heterocycles. The summed E-state index contributed by atoms with van der Waals surface area (Å²) in [5.74, 6) is 0.592. The van der Waals surface area contributed by atoms with Gasteiger partial charge in [0.1, 0.15) is 0 Å². The number of amides is 1. The van der Waals surface area contributed by atoms with Crippen LogP contribution in [0.5, 0.6) is 0 Å². The van der Waals surface area contributed by atoms with Crippen LogP contribution >= 0.6 is 11.8 Å². The molecule has 162 valence electrons. The third-order valence-electron chi connectivity index (χ3n) is 5.95. The third-order valence-corrected chi connectivity index (χ3v) is 7.04. The molecular formula is C25H29N3O2S. The Kier molecular flexibility index (Phi) is 7.07. The minimum Gasteiger partial charge on any atom is -0.355 e. The topological polar surface area (TPSA) is 64.0 Å². The maximum absolute atomic E-state index is 13.2. The van der Waals surface area contributed by atoms with Crippen LogP contribution < -0.4 is 10.9 Å². The average Bonchev–Trinajstić information content (AvgIpc) is 2.81. The Labute approximate surface area is 187 Å². The van der Waals surface area contributed by atoms with E-state index >= 15 is 0 Å². The molecule has 1 N–H and O–H groups in total. The van der Waals surface area contributed by atoms with E-state index in [9.17, 15) is 9.59 Å². The van der Waals surface area contributed by atoms with Crippen LogP contribution in [0.4, 0.5) is 0 Å². The molecule has 6 heteroatoms. The van der Waals surface area contributed by atoms with Crippen molar-refractivity contribution in [2.45, 2.75) is 56.0 Å². The van der Waals surface area contributed by atoms with E-state index < -0.39 is 0 Å². The largest absolute Gasteiger partial charge is 0.355 e. The van der Waals surface area contributed by atoms with Crippen LogP contribution in [-0.4, -0.2) is 27.3 Å². The van der Waals surface area contributed by atoms with E-state index in [1.54, 1.807) is 10.6 Å². The summed E-state index contributed by atoms with van der Waals surface area (Å²) in [4.78, 5) is 30.8. The molecule has 0 spiro atoms. The van der Waals surface area contributed by atoms with Gasteiger partial charge in [-0.1, -0.05) is 73.5 Å². The Bertz CT molecular complexity index is 1090. The summed E-state index contributed by atoms with van der Waals surface area (Å²) in [5.41, 5.74) is 1.61. The number of nitrogens with zero attached hydrogens (tertiary/aromatic N) is 2. The highest BCUT2D eigenvalue weighted by molar-refractivity contribution is 8.00. The van der Waals surface area contributed by atoms with Gasteiger partial charge in [0, 0.05) is 6.54 Å². The van der Waals surface area contributed by atoms with Crippen molar-refractivity contribution in [2.75, 3.05) is 6.54 Å². The first-order chi connectivity index (χ1) is 15.1. The molecule has 1 amide bonds. The van der Waals surface area contributed by atoms with Crippen LogP contribution in [0.25, 0.3) is 10.9 Å². The van der Waals surface area contributed by atoms with Crippen LogP contribution in [0.3, 0.4) is 0 Å². The van der Waals surface area contributed by atoms with Crippen LogP contribution in [-0.2, 0) is 11.3 Å². The molecule has 1 heterocycles. The van der Waals surface area contributed by atoms with E-state index in [-0.39, 0.29) is 16.7 Å². The molecule has 0 radical (unpaired) electrons. The van der Waals surface area contributed by atoms with Crippen molar-refractivity contribution in [3.8, 4) is 0 Å². The molecule has 1 atom stereocenters. The molecule has 0 bridgehead atoms. The van der Waals surface area contributed by atoms with Crippen molar-refractivity contribution < 1.29 is 4.79 Å². The molecule has 1 aliphatic carbocycles. The second-order valence-electron chi connectivity index (χ2n) is 8.30. The summed E-state index contributed by atoms with van der Waals surface area (Å²) in [7, 11) is 0. The predicted molar refractivity (Wildman–Crippen MR) is 126 cm³/mol. The Morgan fingerprint density at radius 1 is 1.10 bits per heavy atom. The Balaban J connectivity index is 1.55. The van der Waals surface area contributed by atoms with Crippen LogP contribution in [0.2, 0.25) is 0 Å². The lowest BCUT2D eigenvalue weighted by atomic mass is 9.89. The molecule has 1 saturated carbocycles. The van der Waals surface area contributed by atoms with Gasteiger partial charge in [0.2, 0.25) is 5.91 Å². The number of fused-ring (bicyclic) bond motifs is 1. The molecule has 1 aliphatic rings. The minimum absolute atomic E-state index is 0.00393. The molecular weight excluding hydrogens is 406 g/mol. The molecule has 1 unspecified atom stereocenters. The smallest absolute Gasteiger partial charge is 0.262 e. The lowest BCUT2D eigenvalue weighted by Gasteiger charge is -2.22. The summed E-state index contributed by atoms with van der Waals surface area (Å²) in [5, 5.41) is 3.96. The summed E-state index contributed by atoms with van der Waals surface area (Å²) < 4.78 is 1.69. The fourth-order valence-electron chi connectivity index (χ4n) is 4.13. The Morgan fingerprint density at radius 3 is 2.58 bits per heavy atom. The summed E-state index contributed by atoms with van der Waals surface area (Å²) >= 11 is 1.35. The maximum atomic E-state index is 13.2. The van der Waals surface area contributed by atoms with Crippen LogP contribution in [0, 0.1) is 5.92 Å². The summed E-state index contributed by atoms with van der Waals surface area (Å²) in [6.45, 7) is 3.05. The molecule has 1 fully saturated rings. The summed E-state index contributed by atoms with van der Waals surface area (Å²) in [6.07, 6.45) is 6.23. The standard InChI is InChI=1S/C25H29N3O2S/c1-18(23(29)26-16-19-10-4-2-5-11-19)31-25-27-22-15-9-8-14-21(22)24(30)28(25)17-20-12-6-3-7-13-20/h3,6-9,12-15,18-19H,2,4-5,10-11,16-17H2,1H3,(H,26,29). The number of aromatic nitrogens is 2. The van der Waals surface area contributed by atoms with Gasteiger partial charge in [-0.3, -0.25) is 14.2 Å². The van der Waals surface area contributed by atoms with Crippen molar-refractivity contribution in [2.24, 2.45) is 5.92 Å². The van der Waals surface area contributed by atoms with Gasteiger partial charge in [-0.25, -0.2) is 4.98 Å². The molecule has 31 heavy (non-hydrogen) atoms. The van der Waals surface area contributed by atoms with Crippen molar-refractivity contribution in [1.82, 2.24) is 14.9 Å². The first-order valence-corrected chi connectivity index (χ1v) is 12.0. The molecule has 0 aliphatic heterocycles. The molecule has 2 aromatic carbocycles. The molecule has 3 aromatic rings. The maximum Gasteiger partial charge on any atom is 0.262 e. The number of nitrogens with one attached hydrogen (secondary N) is 1. The second-order valence-corrected chi connectivity index (χ2v) is 9.61. The van der Waals surface area contributed by atoms with Crippen LogP contribution in [0.1, 0.15) is 44.6 Å². The highest BCUT2D eigenvalue weighted by atomic mass is 32.2. The molecule has 1 aromatic heterocycles. The number of rotatable bonds is 7. The van der Waals surface area contributed by atoms with E-state index in [1.165, 1.54) is 43.9 Å². The van der Waals surface area contributed by atoms with Crippen LogP contribution in [0.15, 0.2) is 64.5 Å². The van der Waals surface area contributed by atoms with Gasteiger partial charge in [0.15, 0.2) is 5.16 Å². The summed E-state index contributed by atoms with van der Waals surface area (Å²) in [6, 6.07) is 17.3. The Hall–Kier alpha value is -2.60. The van der Waals surface area contributed by atoms with Gasteiger partial charge in [0.05, 0.1) is 22.7 Å². The lowest BCUT2D eigenvalue weighted by Crippen LogP contribution is -2.36. The zero-order chi connectivity index (χ0) is 21.6. The molecule has 5 nitrogen and oxygen atoms in total. The van der Waals surface area contributed by atoms with E-state index in [2.05, 4.69) is 5.32 Å². The first-order valence-electron chi connectivity index (χ1n) is 11.1. The highest BCUT2D eigenvalue weighted by Crippen LogP contribution is 2.25. The second kappa shape index (κ2) is 10.1. The number of hydrogen-bond acceptors (Lipinski definition) is 4. The lowest BCUT2D eigenvalue weighted by molar-refractivity contribution is -0.120. The highest BCUT2D eigenvalue weighted by Gasteiger charge is 2.21. The fourth-order valence-corrected chi connectivity index (χ4v) is 5.07. The van der Waals surface area contributed by atoms with E-state index in [0.29, 0.717) is 28.5 Å². The first kappa shape index (κ1) is 21.6. The van der Waals surface area contributed by atoms with E-state index in [4.69, 9.17) is 4.98 Å². The van der Waals surface area contributed by atoms with Gasteiger partial charge in [-0.05, 0) is 43.4 Å². The zero-order valence-corrected chi connectivity index (χ0v) is 18.7. The van der Waals surface area contributed by atoms with Crippen molar-refractivity contribution in [3.63, 3.8) is 0 Å². The van der Waals surface area contributed by atoms with Crippen molar-refractivity contribution >= 4 is 28.6 Å². The predicted octanol–water partition coefficient (Wildman–Crippen LogP) is 4.62. The average molecular weight is 436 g/mol. The number of para-hydroxylation sites is 1.